The fourth-order valence-electron chi connectivity index (χ4n) is 2.08. The normalized spacial score (nSPS) is 17.0. The molecule has 98 valence electrons. The second kappa shape index (κ2) is 5.50. The number of likely N-dealkylation sites (N-methyl/N-ethyl adjacent to an activating group) is 1. The van der Waals surface area contributed by atoms with Crippen molar-refractivity contribution in [2.75, 3.05) is 14.2 Å². The number of hydroxylamine groups is 2. The molecule has 1 aliphatic rings. The summed E-state index contributed by atoms with van der Waals surface area (Å²) in [5.41, 5.74) is 0.400. The van der Waals surface area contributed by atoms with Gasteiger partial charge in [0.1, 0.15) is 5.60 Å². The molecule has 2 rings (SSSR count). The maximum atomic E-state index is 12.2. The van der Waals surface area contributed by atoms with Crippen molar-refractivity contribution in [1.29, 1.82) is 0 Å². The van der Waals surface area contributed by atoms with E-state index in [9.17, 15) is 4.79 Å². The number of nitrogens with zero attached hydrogens (tertiary/aromatic N) is 1. The van der Waals surface area contributed by atoms with Gasteiger partial charge in [-0.1, -0.05) is 30.3 Å². The summed E-state index contributed by atoms with van der Waals surface area (Å²) in [5.74, 6) is -0.0906. The van der Waals surface area contributed by atoms with Gasteiger partial charge in [-0.15, -0.1) is 0 Å². The van der Waals surface area contributed by atoms with Gasteiger partial charge >= 0.3 is 0 Å². The highest BCUT2D eigenvalue weighted by molar-refractivity contribution is 5.85. The van der Waals surface area contributed by atoms with Gasteiger partial charge in [0.05, 0.1) is 13.7 Å². The van der Waals surface area contributed by atoms with Crippen LogP contribution in [-0.2, 0) is 21.0 Å². The number of hydrogen-bond donors (Lipinski definition) is 0. The molecule has 0 atom stereocenters. The summed E-state index contributed by atoms with van der Waals surface area (Å²) in [6.45, 7) is 0.462. The van der Waals surface area contributed by atoms with Gasteiger partial charge in [-0.2, -0.15) is 0 Å². The molecule has 1 fully saturated rings. The van der Waals surface area contributed by atoms with Crippen molar-refractivity contribution >= 4 is 5.91 Å². The average molecular weight is 249 g/mol. The number of hydrogen-bond acceptors (Lipinski definition) is 3. The Hall–Kier alpha value is -1.39. The summed E-state index contributed by atoms with van der Waals surface area (Å²) < 4.78 is 5.87. The van der Waals surface area contributed by atoms with Crippen LogP contribution in [0, 0.1) is 0 Å². The largest absolute Gasteiger partial charge is 0.360 e. The lowest BCUT2D eigenvalue weighted by Gasteiger charge is -2.41. The van der Waals surface area contributed by atoms with Crippen LogP contribution in [0.15, 0.2) is 30.3 Å². The van der Waals surface area contributed by atoms with E-state index >= 15 is 0 Å². The Morgan fingerprint density at radius 3 is 2.50 bits per heavy atom. The van der Waals surface area contributed by atoms with E-state index in [2.05, 4.69) is 0 Å². The number of carbonyl (C=O) groups excluding carboxylic acids is 1. The third-order valence-electron chi connectivity index (χ3n) is 3.47. The van der Waals surface area contributed by atoms with Gasteiger partial charge in [-0.25, -0.2) is 5.06 Å². The van der Waals surface area contributed by atoms with Crippen molar-refractivity contribution in [2.45, 2.75) is 31.5 Å². The van der Waals surface area contributed by atoms with Crippen molar-refractivity contribution in [3.63, 3.8) is 0 Å². The standard InChI is InChI=1S/C14H19NO3/c1-15(17-2)13(16)14(9-6-10-14)18-11-12-7-4-3-5-8-12/h3-5,7-8H,6,9-11H2,1-2H3. The van der Waals surface area contributed by atoms with E-state index < -0.39 is 5.60 Å². The lowest BCUT2D eigenvalue weighted by molar-refractivity contribution is -0.206. The summed E-state index contributed by atoms with van der Waals surface area (Å²) in [6, 6.07) is 9.89. The van der Waals surface area contributed by atoms with Gasteiger partial charge in [-0.3, -0.25) is 9.63 Å². The Morgan fingerprint density at radius 1 is 1.33 bits per heavy atom. The molecule has 0 saturated heterocycles. The van der Waals surface area contributed by atoms with Crippen LogP contribution in [0.2, 0.25) is 0 Å². The minimum absolute atomic E-state index is 0.0906. The number of amides is 1. The number of benzene rings is 1. The van der Waals surface area contributed by atoms with Crippen LogP contribution in [0.3, 0.4) is 0 Å². The van der Waals surface area contributed by atoms with Gasteiger partial charge in [0.2, 0.25) is 0 Å². The molecule has 0 spiro atoms. The van der Waals surface area contributed by atoms with Crippen LogP contribution in [0.25, 0.3) is 0 Å². The maximum absolute atomic E-state index is 12.2. The Bertz CT molecular complexity index is 401. The lowest BCUT2D eigenvalue weighted by atomic mass is 9.79. The van der Waals surface area contributed by atoms with Crippen LogP contribution in [0.4, 0.5) is 0 Å². The van der Waals surface area contributed by atoms with Crippen molar-refractivity contribution in [3.8, 4) is 0 Å². The maximum Gasteiger partial charge on any atom is 0.278 e. The Morgan fingerprint density at radius 2 is 2.00 bits per heavy atom. The van der Waals surface area contributed by atoms with Crippen molar-refractivity contribution in [2.24, 2.45) is 0 Å². The monoisotopic (exact) mass is 249 g/mol. The first-order chi connectivity index (χ1) is 8.68. The second-order valence-electron chi connectivity index (χ2n) is 4.61. The van der Waals surface area contributed by atoms with Crippen LogP contribution in [-0.4, -0.2) is 30.7 Å². The minimum atomic E-state index is -0.680. The molecule has 0 aromatic heterocycles. The first kappa shape index (κ1) is 13.1. The van der Waals surface area contributed by atoms with Crippen molar-refractivity contribution < 1.29 is 14.4 Å². The molecule has 1 saturated carbocycles. The minimum Gasteiger partial charge on any atom is -0.360 e. The van der Waals surface area contributed by atoms with Crippen molar-refractivity contribution in [3.05, 3.63) is 35.9 Å². The molecule has 0 bridgehead atoms. The van der Waals surface area contributed by atoms with Gasteiger partial charge in [0.25, 0.3) is 5.91 Å². The summed E-state index contributed by atoms with van der Waals surface area (Å²) in [6.07, 6.45) is 2.57. The van der Waals surface area contributed by atoms with Gasteiger partial charge in [0, 0.05) is 7.05 Å². The topological polar surface area (TPSA) is 38.8 Å². The average Bonchev–Trinajstić information content (AvgIpc) is 2.37. The Kier molecular flexibility index (Phi) is 3.99. The summed E-state index contributed by atoms with van der Waals surface area (Å²) in [5, 5.41) is 1.25. The molecule has 0 radical (unpaired) electrons. The van der Waals surface area contributed by atoms with E-state index in [1.54, 1.807) is 7.05 Å². The zero-order valence-electron chi connectivity index (χ0n) is 10.9. The highest BCUT2D eigenvalue weighted by atomic mass is 16.7. The molecular weight excluding hydrogens is 230 g/mol. The van der Waals surface area contributed by atoms with Gasteiger partial charge in [0.15, 0.2) is 0 Å². The van der Waals surface area contributed by atoms with E-state index in [4.69, 9.17) is 9.57 Å². The predicted molar refractivity (Wildman–Crippen MR) is 67.6 cm³/mol. The Labute approximate surface area is 107 Å². The molecule has 4 heteroatoms. The molecule has 1 aromatic carbocycles. The third kappa shape index (κ3) is 2.54. The Balaban J connectivity index is 1.99. The molecule has 1 amide bonds. The highest BCUT2D eigenvalue weighted by Gasteiger charge is 2.47. The van der Waals surface area contributed by atoms with E-state index in [0.717, 1.165) is 24.8 Å². The predicted octanol–water partition coefficient (Wildman–Crippen LogP) is 2.15. The smallest absolute Gasteiger partial charge is 0.278 e. The van der Waals surface area contributed by atoms with Crippen LogP contribution >= 0.6 is 0 Å². The summed E-state index contributed by atoms with van der Waals surface area (Å²) >= 11 is 0. The first-order valence-electron chi connectivity index (χ1n) is 6.18. The zero-order valence-corrected chi connectivity index (χ0v) is 10.9. The van der Waals surface area contributed by atoms with Crippen molar-refractivity contribution in [1.82, 2.24) is 5.06 Å². The molecule has 0 heterocycles. The molecule has 0 aliphatic heterocycles. The summed E-state index contributed by atoms with van der Waals surface area (Å²) in [7, 11) is 3.11. The number of carbonyl (C=O) groups is 1. The molecule has 1 aromatic rings. The van der Waals surface area contributed by atoms with E-state index in [1.807, 2.05) is 30.3 Å². The number of ether oxygens (including phenoxy) is 1. The first-order valence-corrected chi connectivity index (χ1v) is 6.18. The molecular formula is C14H19NO3. The number of rotatable bonds is 5. The molecule has 4 nitrogen and oxygen atoms in total. The lowest BCUT2D eigenvalue weighted by Crippen LogP contribution is -2.53. The third-order valence-corrected chi connectivity index (χ3v) is 3.47. The summed E-state index contributed by atoms with van der Waals surface area (Å²) in [4.78, 5) is 17.1. The van der Waals surface area contributed by atoms with E-state index in [-0.39, 0.29) is 5.91 Å². The van der Waals surface area contributed by atoms with Crippen LogP contribution in [0.5, 0.6) is 0 Å². The second-order valence-corrected chi connectivity index (χ2v) is 4.61. The highest BCUT2D eigenvalue weighted by Crippen LogP contribution is 2.37. The fraction of sp³-hybridized carbons (Fsp3) is 0.500. The molecule has 0 N–H and O–H groups in total. The zero-order chi connectivity index (χ0) is 13.0. The molecule has 18 heavy (non-hydrogen) atoms. The molecule has 1 aliphatic carbocycles. The SMILES string of the molecule is CON(C)C(=O)C1(OCc2ccccc2)CCC1. The van der Waals surface area contributed by atoms with E-state index in [1.165, 1.54) is 12.2 Å². The van der Waals surface area contributed by atoms with Crippen LogP contribution < -0.4 is 0 Å². The van der Waals surface area contributed by atoms with Gasteiger partial charge in [-0.05, 0) is 24.8 Å². The van der Waals surface area contributed by atoms with E-state index in [0.29, 0.717) is 6.61 Å². The quantitative estimate of drug-likeness (QED) is 0.750. The molecule has 0 unspecified atom stereocenters. The van der Waals surface area contributed by atoms with Gasteiger partial charge < -0.3 is 4.74 Å². The fourth-order valence-corrected chi connectivity index (χ4v) is 2.08. The van der Waals surface area contributed by atoms with Crippen LogP contribution in [0.1, 0.15) is 24.8 Å².